The molecule has 1 fully saturated rings. The van der Waals surface area contributed by atoms with Crippen molar-refractivity contribution in [2.75, 3.05) is 5.32 Å². The summed E-state index contributed by atoms with van der Waals surface area (Å²) < 4.78 is 25.9. The van der Waals surface area contributed by atoms with Crippen LogP contribution in [-0.4, -0.2) is 16.8 Å². The van der Waals surface area contributed by atoms with Crippen LogP contribution in [-0.2, 0) is 4.79 Å². The predicted octanol–water partition coefficient (Wildman–Crippen LogP) is 3.50. The van der Waals surface area contributed by atoms with Crippen LogP contribution in [0.1, 0.15) is 25.7 Å². The predicted molar refractivity (Wildman–Crippen MR) is 64.8 cm³/mol. The molecule has 1 aromatic heterocycles. The first-order valence-corrected chi connectivity index (χ1v) is 6.15. The Bertz CT molecular complexity index is 443. The van der Waals surface area contributed by atoms with E-state index in [4.69, 9.17) is 11.6 Å². The molecule has 0 bridgehead atoms. The summed E-state index contributed by atoms with van der Waals surface area (Å²) in [5.41, 5.74) is 0.418. The summed E-state index contributed by atoms with van der Waals surface area (Å²) in [4.78, 5) is 15.7. The zero-order chi connectivity index (χ0) is 13.2. The zero-order valence-corrected chi connectivity index (χ0v) is 10.4. The van der Waals surface area contributed by atoms with Crippen molar-refractivity contribution in [2.45, 2.75) is 31.6 Å². The number of nitrogens with one attached hydrogen (secondary N) is 1. The van der Waals surface area contributed by atoms with Gasteiger partial charge in [0.15, 0.2) is 5.15 Å². The Kier molecular flexibility index (Phi) is 3.80. The lowest BCUT2D eigenvalue weighted by Crippen LogP contribution is -2.31. The SMILES string of the molecule is O=C(Nc1cccnc1Cl)C1CCC(F)(F)CC1. The second-order valence-electron chi connectivity index (χ2n) is 4.46. The number of amides is 1. The highest BCUT2D eigenvalue weighted by Gasteiger charge is 2.37. The summed E-state index contributed by atoms with van der Waals surface area (Å²) in [6, 6.07) is 3.28. The standard InChI is InChI=1S/C12H13ClF2N2O/c13-10-9(2-1-7-16-10)17-11(18)8-3-5-12(14,15)6-4-8/h1-2,7-8H,3-6H2,(H,17,18). The third-order valence-electron chi connectivity index (χ3n) is 3.10. The normalized spacial score (nSPS) is 19.5. The summed E-state index contributed by atoms with van der Waals surface area (Å²) >= 11 is 5.81. The number of hydrogen-bond acceptors (Lipinski definition) is 2. The molecule has 0 aromatic carbocycles. The van der Waals surface area contributed by atoms with Crippen LogP contribution >= 0.6 is 11.6 Å². The van der Waals surface area contributed by atoms with Gasteiger partial charge in [0.25, 0.3) is 0 Å². The first-order chi connectivity index (χ1) is 8.48. The van der Waals surface area contributed by atoms with Gasteiger partial charge in [0, 0.05) is 25.0 Å². The molecule has 18 heavy (non-hydrogen) atoms. The van der Waals surface area contributed by atoms with Crippen LogP contribution < -0.4 is 5.32 Å². The number of hydrogen-bond donors (Lipinski definition) is 1. The maximum Gasteiger partial charge on any atom is 0.248 e. The minimum Gasteiger partial charge on any atom is -0.323 e. The molecule has 0 spiro atoms. The molecule has 1 aromatic rings. The number of carbonyl (C=O) groups is 1. The van der Waals surface area contributed by atoms with Gasteiger partial charge in [0.05, 0.1) is 5.69 Å². The van der Waals surface area contributed by atoms with Crippen molar-refractivity contribution in [1.29, 1.82) is 0 Å². The minimum atomic E-state index is -2.62. The second-order valence-corrected chi connectivity index (χ2v) is 4.82. The fourth-order valence-electron chi connectivity index (χ4n) is 2.02. The summed E-state index contributed by atoms with van der Waals surface area (Å²) in [7, 11) is 0. The van der Waals surface area contributed by atoms with Gasteiger partial charge in [-0.05, 0) is 25.0 Å². The fraction of sp³-hybridized carbons (Fsp3) is 0.500. The van der Waals surface area contributed by atoms with Crippen molar-refractivity contribution < 1.29 is 13.6 Å². The van der Waals surface area contributed by atoms with Crippen LogP contribution in [0.5, 0.6) is 0 Å². The third-order valence-corrected chi connectivity index (χ3v) is 3.41. The monoisotopic (exact) mass is 274 g/mol. The lowest BCUT2D eigenvalue weighted by Gasteiger charge is -2.27. The molecule has 0 aliphatic heterocycles. The average molecular weight is 275 g/mol. The highest BCUT2D eigenvalue weighted by Crippen LogP contribution is 2.36. The van der Waals surface area contributed by atoms with Crippen molar-refractivity contribution >= 4 is 23.2 Å². The van der Waals surface area contributed by atoms with E-state index in [2.05, 4.69) is 10.3 Å². The zero-order valence-electron chi connectivity index (χ0n) is 9.63. The van der Waals surface area contributed by atoms with E-state index in [1.54, 1.807) is 12.1 Å². The molecule has 1 amide bonds. The Morgan fingerprint density at radius 3 is 2.72 bits per heavy atom. The van der Waals surface area contributed by atoms with Gasteiger partial charge in [-0.25, -0.2) is 13.8 Å². The Morgan fingerprint density at radius 2 is 2.11 bits per heavy atom. The smallest absolute Gasteiger partial charge is 0.248 e. The Morgan fingerprint density at radius 1 is 1.44 bits per heavy atom. The molecule has 1 aliphatic rings. The van der Waals surface area contributed by atoms with Crippen molar-refractivity contribution in [1.82, 2.24) is 4.98 Å². The van der Waals surface area contributed by atoms with Crippen molar-refractivity contribution in [2.24, 2.45) is 5.92 Å². The first-order valence-electron chi connectivity index (χ1n) is 5.77. The van der Waals surface area contributed by atoms with E-state index in [9.17, 15) is 13.6 Å². The van der Waals surface area contributed by atoms with Gasteiger partial charge in [-0.1, -0.05) is 11.6 Å². The van der Waals surface area contributed by atoms with Crippen LogP contribution in [0, 0.1) is 5.92 Å². The van der Waals surface area contributed by atoms with Gasteiger partial charge in [0.1, 0.15) is 0 Å². The van der Waals surface area contributed by atoms with Crippen molar-refractivity contribution in [3.63, 3.8) is 0 Å². The van der Waals surface area contributed by atoms with Gasteiger partial charge in [-0.15, -0.1) is 0 Å². The number of nitrogens with zero attached hydrogens (tertiary/aromatic N) is 1. The number of anilines is 1. The van der Waals surface area contributed by atoms with E-state index in [0.29, 0.717) is 5.69 Å². The van der Waals surface area contributed by atoms with E-state index in [-0.39, 0.29) is 42.7 Å². The summed E-state index contributed by atoms with van der Waals surface area (Å²) in [5, 5.41) is 2.83. The van der Waals surface area contributed by atoms with Crippen molar-refractivity contribution in [3.8, 4) is 0 Å². The largest absolute Gasteiger partial charge is 0.323 e. The number of alkyl halides is 2. The second kappa shape index (κ2) is 5.18. The third kappa shape index (κ3) is 3.16. The van der Waals surface area contributed by atoms with Gasteiger partial charge < -0.3 is 5.32 Å². The summed E-state index contributed by atoms with van der Waals surface area (Å²) in [5.74, 6) is -3.26. The molecule has 1 aliphatic carbocycles. The number of pyridine rings is 1. The minimum absolute atomic E-state index is 0.201. The molecule has 1 N–H and O–H groups in total. The lowest BCUT2D eigenvalue weighted by atomic mass is 9.86. The number of aromatic nitrogens is 1. The number of halogens is 3. The highest BCUT2D eigenvalue weighted by atomic mass is 35.5. The van der Waals surface area contributed by atoms with E-state index in [1.165, 1.54) is 6.20 Å². The molecule has 1 saturated carbocycles. The summed E-state index contributed by atoms with van der Waals surface area (Å²) in [6.45, 7) is 0. The molecule has 98 valence electrons. The quantitative estimate of drug-likeness (QED) is 0.839. The molecular formula is C12H13ClF2N2O. The average Bonchev–Trinajstić information content (AvgIpc) is 2.32. The maximum absolute atomic E-state index is 13.0. The molecule has 0 radical (unpaired) electrons. The van der Waals surface area contributed by atoms with Gasteiger partial charge in [-0.3, -0.25) is 4.79 Å². The molecule has 2 rings (SSSR count). The summed E-state index contributed by atoms with van der Waals surface area (Å²) in [6.07, 6.45) is 1.46. The van der Waals surface area contributed by atoms with E-state index in [1.807, 2.05) is 0 Å². The van der Waals surface area contributed by atoms with Gasteiger partial charge >= 0.3 is 0 Å². The number of rotatable bonds is 2. The lowest BCUT2D eigenvalue weighted by molar-refractivity contribution is -0.124. The van der Waals surface area contributed by atoms with Crippen molar-refractivity contribution in [3.05, 3.63) is 23.5 Å². The van der Waals surface area contributed by atoms with Crippen LogP contribution in [0.25, 0.3) is 0 Å². The Hall–Kier alpha value is -1.23. The highest BCUT2D eigenvalue weighted by molar-refractivity contribution is 6.32. The first kappa shape index (κ1) is 13.2. The Balaban J connectivity index is 1.95. The molecule has 1 heterocycles. The maximum atomic E-state index is 13.0. The van der Waals surface area contributed by atoms with E-state index >= 15 is 0 Å². The molecule has 6 heteroatoms. The fourth-order valence-corrected chi connectivity index (χ4v) is 2.18. The van der Waals surface area contributed by atoms with E-state index < -0.39 is 5.92 Å². The molecule has 3 nitrogen and oxygen atoms in total. The van der Waals surface area contributed by atoms with E-state index in [0.717, 1.165) is 0 Å². The van der Waals surface area contributed by atoms with Crippen LogP contribution in [0.3, 0.4) is 0 Å². The van der Waals surface area contributed by atoms with Crippen LogP contribution in [0.15, 0.2) is 18.3 Å². The Labute approximate surface area is 109 Å². The van der Waals surface area contributed by atoms with Gasteiger partial charge in [0.2, 0.25) is 11.8 Å². The topological polar surface area (TPSA) is 42.0 Å². The molecule has 0 saturated heterocycles. The molecular weight excluding hydrogens is 262 g/mol. The molecule has 0 unspecified atom stereocenters. The van der Waals surface area contributed by atoms with Crippen LogP contribution in [0.2, 0.25) is 5.15 Å². The number of carbonyl (C=O) groups excluding carboxylic acids is 1. The molecule has 0 atom stereocenters. The van der Waals surface area contributed by atoms with Gasteiger partial charge in [-0.2, -0.15) is 0 Å². The van der Waals surface area contributed by atoms with Crippen LogP contribution in [0.4, 0.5) is 14.5 Å².